The largest absolute Gasteiger partial charge is 0.462 e. The molecule has 0 saturated carbocycles. The van der Waals surface area contributed by atoms with Crippen LogP contribution in [0.2, 0.25) is 0 Å². The molecule has 0 aliphatic rings. The lowest BCUT2D eigenvalue weighted by Crippen LogP contribution is -2.30. The second kappa shape index (κ2) is 55.4. The van der Waals surface area contributed by atoms with E-state index in [4.69, 9.17) is 14.2 Å². The van der Waals surface area contributed by atoms with E-state index in [0.29, 0.717) is 19.3 Å². The SMILES string of the molecule is CC/C=C\C/C=C\C/C=C\C/C=C\C/C=C\C/C=C\C/C=C\CCCC(=O)OCC(COC(=O)CCCCC/C=C\C/C=C\C/C=C\CC)OC(=O)CCCC/C=C\C/C=C\C/C=C\C/C=C\CC. The molecule has 0 bridgehead atoms. The van der Waals surface area contributed by atoms with Crippen LogP contribution in [0, 0.1) is 0 Å². The van der Waals surface area contributed by atoms with E-state index in [0.717, 1.165) is 135 Å². The predicted molar refractivity (Wildman–Crippen MR) is 297 cm³/mol. The van der Waals surface area contributed by atoms with Crippen molar-refractivity contribution in [2.24, 2.45) is 0 Å². The van der Waals surface area contributed by atoms with Gasteiger partial charge in [0.25, 0.3) is 0 Å². The molecule has 0 amide bonds. The first-order valence-corrected chi connectivity index (χ1v) is 26.6. The summed E-state index contributed by atoms with van der Waals surface area (Å²) in [6, 6.07) is 0. The molecule has 0 aromatic heterocycles. The van der Waals surface area contributed by atoms with Gasteiger partial charge in [-0.05, 0) is 141 Å². The van der Waals surface area contributed by atoms with Crippen LogP contribution in [0.3, 0.4) is 0 Å². The number of allylic oxidation sites excluding steroid dienone is 28. The third-order valence-corrected chi connectivity index (χ3v) is 10.2. The summed E-state index contributed by atoms with van der Waals surface area (Å²) < 4.78 is 16.7. The molecule has 0 aromatic rings. The molecule has 1 atom stereocenters. The second-order valence-corrected chi connectivity index (χ2v) is 16.6. The lowest BCUT2D eigenvalue weighted by Gasteiger charge is -2.18. The van der Waals surface area contributed by atoms with Crippen LogP contribution >= 0.6 is 0 Å². The Balaban J connectivity index is 4.59. The summed E-state index contributed by atoms with van der Waals surface area (Å²) in [6.45, 7) is 6.15. The molecule has 0 rings (SSSR count). The maximum Gasteiger partial charge on any atom is 0.306 e. The summed E-state index contributed by atoms with van der Waals surface area (Å²) in [5.74, 6) is -1.08. The van der Waals surface area contributed by atoms with Gasteiger partial charge in [-0.1, -0.05) is 197 Å². The summed E-state index contributed by atoms with van der Waals surface area (Å²) in [7, 11) is 0. The third kappa shape index (κ3) is 53.6. The van der Waals surface area contributed by atoms with Gasteiger partial charge in [0.2, 0.25) is 0 Å². The normalized spacial score (nSPS) is 13.5. The van der Waals surface area contributed by atoms with E-state index in [9.17, 15) is 14.4 Å². The van der Waals surface area contributed by atoms with Crippen molar-refractivity contribution < 1.29 is 28.6 Å². The Morgan fingerprint density at radius 2 is 0.536 bits per heavy atom. The Hall–Kier alpha value is -5.23. The van der Waals surface area contributed by atoms with Crippen molar-refractivity contribution in [3.8, 4) is 0 Å². The molecule has 1 unspecified atom stereocenters. The maximum atomic E-state index is 12.8. The Kier molecular flexibility index (Phi) is 51.2. The van der Waals surface area contributed by atoms with E-state index in [1.54, 1.807) is 0 Å². The monoisotopic (exact) mass is 947 g/mol. The molecule has 0 N–H and O–H groups in total. The topological polar surface area (TPSA) is 78.9 Å². The smallest absolute Gasteiger partial charge is 0.306 e. The van der Waals surface area contributed by atoms with Gasteiger partial charge in [0, 0.05) is 19.3 Å². The van der Waals surface area contributed by atoms with E-state index in [-0.39, 0.29) is 44.0 Å². The van der Waals surface area contributed by atoms with Gasteiger partial charge in [-0.25, -0.2) is 0 Å². The third-order valence-electron chi connectivity index (χ3n) is 10.2. The van der Waals surface area contributed by atoms with Crippen LogP contribution in [0.25, 0.3) is 0 Å². The highest BCUT2D eigenvalue weighted by atomic mass is 16.6. The first kappa shape index (κ1) is 63.8. The lowest BCUT2D eigenvalue weighted by molar-refractivity contribution is -0.167. The van der Waals surface area contributed by atoms with Gasteiger partial charge < -0.3 is 14.2 Å². The predicted octanol–water partition coefficient (Wildman–Crippen LogP) is 18.0. The Morgan fingerprint density at radius 1 is 0.290 bits per heavy atom. The molecule has 0 saturated heterocycles. The Morgan fingerprint density at radius 3 is 0.870 bits per heavy atom. The van der Waals surface area contributed by atoms with Gasteiger partial charge in [-0.3, -0.25) is 14.4 Å². The average molecular weight is 947 g/mol. The first-order valence-electron chi connectivity index (χ1n) is 26.6. The van der Waals surface area contributed by atoms with Crippen LogP contribution < -0.4 is 0 Å². The van der Waals surface area contributed by atoms with Gasteiger partial charge in [0.1, 0.15) is 13.2 Å². The minimum absolute atomic E-state index is 0.137. The highest BCUT2D eigenvalue weighted by Crippen LogP contribution is 2.10. The van der Waals surface area contributed by atoms with Crippen molar-refractivity contribution in [2.75, 3.05) is 13.2 Å². The standard InChI is InChI=1S/C63H94O6/c1-4-7-10-13-16-19-22-25-27-28-29-30-31-32-33-34-36-38-41-44-47-50-53-56-62(65)68-59-60(58-67-61(64)55-52-49-46-43-40-37-24-21-18-15-12-9-6-3)69-63(66)57-54-51-48-45-42-39-35-26-23-20-17-14-11-8-5-2/h7-12,16-21,25-27,29-30,32-33,35-38,40,42,44-45,47,60H,4-6,13-15,22-24,28,31,34,39,41,43,46,48-59H2,1-3H3/b10-7-,11-8-,12-9-,19-16-,20-17-,21-18-,27-25-,30-29-,33-32-,35-26-,38-36-,40-37-,45-42-,47-44-. The van der Waals surface area contributed by atoms with Crippen LogP contribution in [0.5, 0.6) is 0 Å². The van der Waals surface area contributed by atoms with E-state index >= 15 is 0 Å². The average Bonchev–Trinajstić information content (AvgIpc) is 3.35. The number of ether oxygens (including phenoxy) is 3. The zero-order valence-corrected chi connectivity index (χ0v) is 43.5. The molecule has 0 heterocycles. The molecule has 0 radical (unpaired) electrons. The van der Waals surface area contributed by atoms with Crippen molar-refractivity contribution in [3.05, 3.63) is 170 Å². The molecule has 0 fully saturated rings. The number of carbonyl (C=O) groups excluding carboxylic acids is 3. The molecular formula is C63H94O6. The fourth-order valence-corrected chi connectivity index (χ4v) is 6.32. The van der Waals surface area contributed by atoms with Crippen LogP contribution in [0.1, 0.15) is 188 Å². The quantitative estimate of drug-likeness (QED) is 0.0262. The number of carbonyl (C=O) groups is 3. The number of rotatable bonds is 45. The summed E-state index contributed by atoms with van der Waals surface area (Å²) in [5, 5.41) is 0. The zero-order valence-electron chi connectivity index (χ0n) is 43.5. The summed E-state index contributed by atoms with van der Waals surface area (Å²) >= 11 is 0. The molecule has 6 nitrogen and oxygen atoms in total. The lowest BCUT2D eigenvalue weighted by atomic mass is 10.1. The first-order chi connectivity index (χ1) is 34.0. The zero-order chi connectivity index (χ0) is 50.0. The van der Waals surface area contributed by atoms with Gasteiger partial charge >= 0.3 is 17.9 Å². The molecular weight excluding hydrogens is 853 g/mol. The van der Waals surface area contributed by atoms with Gasteiger partial charge in [-0.2, -0.15) is 0 Å². The molecule has 382 valence electrons. The van der Waals surface area contributed by atoms with Crippen LogP contribution in [-0.2, 0) is 28.6 Å². The summed E-state index contributed by atoms with van der Waals surface area (Å²) in [6.07, 6.45) is 82.1. The fraction of sp³-hybridized carbons (Fsp3) is 0.508. The molecule has 69 heavy (non-hydrogen) atoms. The molecule has 0 aliphatic carbocycles. The minimum atomic E-state index is -0.845. The van der Waals surface area contributed by atoms with E-state index < -0.39 is 6.10 Å². The van der Waals surface area contributed by atoms with E-state index in [1.807, 2.05) is 0 Å². The van der Waals surface area contributed by atoms with E-state index in [2.05, 4.69) is 191 Å². The molecule has 6 heteroatoms. The van der Waals surface area contributed by atoms with Crippen molar-refractivity contribution in [1.29, 1.82) is 0 Å². The fourth-order valence-electron chi connectivity index (χ4n) is 6.32. The summed E-state index contributed by atoms with van der Waals surface area (Å²) in [4.78, 5) is 38.0. The molecule has 0 aromatic carbocycles. The summed E-state index contributed by atoms with van der Waals surface area (Å²) in [5.41, 5.74) is 0. The number of esters is 3. The Bertz CT molecular complexity index is 1650. The van der Waals surface area contributed by atoms with Crippen LogP contribution in [0.4, 0.5) is 0 Å². The highest BCUT2D eigenvalue weighted by Gasteiger charge is 2.19. The molecule has 0 spiro atoms. The van der Waals surface area contributed by atoms with Gasteiger partial charge in [0.05, 0.1) is 0 Å². The van der Waals surface area contributed by atoms with E-state index in [1.165, 1.54) is 0 Å². The van der Waals surface area contributed by atoms with Crippen molar-refractivity contribution >= 4 is 17.9 Å². The molecule has 0 aliphatic heterocycles. The number of hydrogen-bond acceptors (Lipinski definition) is 6. The number of unbranched alkanes of at least 4 members (excludes halogenated alkanes) is 6. The Labute approximate surface area is 422 Å². The van der Waals surface area contributed by atoms with Crippen LogP contribution in [-0.4, -0.2) is 37.2 Å². The van der Waals surface area contributed by atoms with Crippen molar-refractivity contribution in [1.82, 2.24) is 0 Å². The van der Waals surface area contributed by atoms with Gasteiger partial charge in [0.15, 0.2) is 6.10 Å². The van der Waals surface area contributed by atoms with Gasteiger partial charge in [-0.15, -0.1) is 0 Å². The van der Waals surface area contributed by atoms with Crippen LogP contribution in [0.15, 0.2) is 170 Å². The van der Waals surface area contributed by atoms with Crippen molar-refractivity contribution in [3.63, 3.8) is 0 Å². The van der Waals surface area contributed by atoms with Crippen molar-refractivity contribution in [2.45, 2.75) is 194 Å². The minimum Gasteiger partial charge on any atom is -0.462 e. The highest BCUT2D eigenvalue weighted by molar-refractivity contribution is 5.71. The second-order valence-electron chi connectivity index (χ2n) is 16.6. The number of hydrogen-bond donors (Lipinski definition) is 0. The maximum absolute atomic E-state index is 12.8.